The number of benzene rings is 2. The van der Waals surface area contributed by atoms with Crippen molar-refractivity contribution in [1.82, 2.24) is 20.3 Å². The van der Waals surface area contributed by atoms with Crippen LogP contribution in [0.15, 0.2) is 48.5 Å². The van der Waals surface area contributed by atoms with Gasteiger partial charge < -0.3 is 25.5 Å². The second-order valence-electron chi connectivity index (χ2n) is 11.3. The number of anilines is 1. The minimum absolute atomic E-state index is 0.116. The Balaban J connectivity index is 1.74. The molecule has 0 fully saturated rings. The summed E-state index contributed by atoms with van der Waals surface area (Å²) >= 11 is 0. The van der Waals surface area contributed by atoms with Gasteiger partial charge in [-0.2, -0.15) is 0 Å². The number of ether oxygens (including phenoxy) is 1. The van der Waals surface area contributed by atoms with E-state index in [2.05, 4.69) is 25.6 Å². The highest BCUT2D eigenvalue weighted by Gasteiger charge is 2.27. The largest absolute Gasteiger partial charge is 0.462 e. The number of fused-ring (bicyclic) bond motifs is 1. The van der Waals surface area contributed by atoms with E-state index in [1.54, 1.807) is 43.3 Å². The number of nitrogens with zero attached hydrogens (tertiary/aromatic N) is 2. The number of esters is 1. The van der Waals surface area contributed by atoms with Crippen LogP contribution in [0.5, 0.6) is 0 Å². The number of hydrogen-bond donors (Lipinski definition) is 4. The first kappa shape index (κ1) is 30.4. The van der Waals surface area contributed by atoms with Crippen LogP contribution >= 0.6 is 0 Å². The van der Waals surface area contributed by atoms with Gasteiger partial charge in [-0.3, -0.25) is 9.59 Å². The molecule has 10 heteroatoms. The Morgan fingerprint density at radius 2 is 1.71 bits per heavy atom. The molecule has 0 aliphatic rings. The zero-order valence-corrected chi connectivity index (χ0v) is 24.8. The SMILES string of the molecule is CCCOC(=O)c1cc(C(=O)N[C@H](CO)C(C)(C)C)ccc1-c1ccc(C)nc1C(=O)Nc1ccc2nc(C)[nH]c2c1. The molecule has 4 aromatic rings. The maximum Gasteiger partial charge on any atom is 0.338 e. The molecule has 0 saturated carbocycles. The Labute approximate surface area is 244 Å². The van der Waals surface area contributed by atoms with Crippen molar-refractivity contribution in [2.75, 3.05) is 18.5 Å². The van der Waals surface area contributed by atoms with Crippen molar-refractivity contribution in [1.29, 1.82) is 0 Å². The lowest BCUT2D eigenvalue weighted by Gasteiger charge is -2.29. The van der Waals surface area contributed by atoms with Crippen molar-refractivity contribution in [3.63, 3.8) is 0 Å². The highest BCUT2D eigenvalue weighted by molar-refractivity contribution is 6.10. The van der Waals surface area contributed by atoms with Crippen molar-refractivity contribution in [3.8, 4) is 11.1 Å². The van der Waals surface area contributed by atoms with Gasteiger partial charge in [0, 0.05) is 22.5 Å². The quantitative estimate of drug-likeness (QED) is 0.202. The van der Waals surface area contributed by atoms with Gasteiger partial charge in [0.2, 0.25) is 0 Å². The number of rotatable bonds is 9. The van der Waals surface area contributed by atoms with Gasteiger partial charge in [0.15, 0.2) is 0 Å². The van der Waals surface area contributed by atoms with Crippen molar-refractivity contribution >= 4 is 34.5 Å². The van der Waals surface area contributed by atoms with Crippen LogP contribution in [0.2, 0.25) is 0 Å². The molecule has 0 unspecified atom stereocenters. The molecule has 0 saturated heterocycles. The molecule has 42 heavy (non-hydrogen) atoms. The Morgan fingerprint density at radius 1 is 0.976 bits per heavy atom. The molecular weight excluding hydrogens is 534 g/mol. The van der Waals surface area contributed by atoms with E-state index >= 15 is 0 Å². The van der Waals surface area contributed by atoms with Crippen LogP contribution in [0, 0.1) is 19.3 Å². The van der Waals surface area contributed by atoms with Gasteiger partial charge in [-0.1, -0.05) is 39.8 Å². The maximum absolute atomic E-state index is 13.6. The van der Waals surface area contributed by atoms with E-state index < -0.39 is 23.8 Å². The third-order valence-corrected chi connectivity index (χ3v) is 6.87. The van der Waals surface area contributed by atoms with Gasteiger partial charge in [0.25, 0.3) is 11.8 Å². The van der Waals surface area contributed by atoms with Gasteiger partial charge in [0.05, 0.1) is 35.9 Å². The third-order valence-electron chi connectivity index (χ3n) is 6.87. The molecule has 4 rings (SSSR count). The lowest BCUT2D eigenvalue weighted by molar-refractivity contribution is 0.0505. The van der Waals surface area contributed by atoms with Crippen LogP contribution in [0.3, 0.4) is 0 Å². The molecule has 0 aliphatic heterocycles. The van der Waals surface area contributed by atoms with E-state index in [9.17, 15) is 19.5 Å². The van der Waals surface area contributed by atoms with E-state index in [0.717, 1.165) is 16.9 Å². The molecule has 2 aromatic carbocycles. The number of imidazole rings is 1. The summed E-state index contributed by atoms with van der Waals surface area (Å²) in [4.78, 5) is 52.0. The summed E-state index contributed by atoms with van der Waals surface area (Å²) in [5.41, 5.74) is 3.63. The summed E-state index contributed by atoms with van der Waals surface area (Å²) in [5, 5.41) is 15.6. The summed E-state index contributed by atoms with van der Waals surface area (Å²) in [6, 6.07) is 13.0. The number of aliphatic hydroxyl groups excluding tert-OH is 1. The molecular formula is C32H37N5O5. The molecule has 0 bridgehead atoms. The molecule has 0 aliphatic carbocycles. The number of aromatic amines is 1. The van der Waals surface area contributed by atoms with Crippen LogP contribution in [0.1, 0.15) is 76.8 Å². The van der Waals surface area contributed by atoms with Crippen molar-refractivity contribution in [2.24, 2.45) is 5.41 Å². The number of carbonyl (C=O) groups excluding carboxylic acids is 3. The standard InChI is InChI=1S/C32H37N5O5/c1-7-14-42-31(41)24-15-20(29(39)37-27(17-38)32(4,5)6)9-12-22(24)23-11-8-18(2)33-28(23)30(40)36-21-10-13-25-26(16-21)35-19(3)34-25/h8-13,15-16,27,38H,7,14,17H2,1-6H3,(H,34,35)(H,36,40)(H,37,39)/t27-/m1/s1. The van der Waals surface area contributed by atoms with E-state index in [0.29, 0.717) is 28.9 Å². The summed E-state index contributed by atoms with van der Waals surface area (Å²) in [7, 11) is 0. The minimum Gasteiger partial charge on any atom is -0.462 e. The van der Waals surface area contributed by atoms with Gasteiger partial charge in [0.1, 0.15) is 11.5 Å². The number of amides is 2. The van der Waals surface area contributed by atoms with E-state index in [4.69, 9.17) is 4.74 Å². The molecule has 2 amide bonds. The Kier molecular flexibility index (Phi) is 9.06. The second-order valence-corrected chi connectivity index (χ2v) is 11.3. The molecule has 2 heterocycles. The zero-order valence-electron chi connectivity index (χ0n) is 24.8. The Hall–Kier alpha value is -4.57. The average Bonchev–Trinajstić information content (AvgIpc) is 3.32. The minimum atomic E-state index is -0.622. The molecule has 0 radical (unpaired) electrons. The topological polar surface area (TPSA) is 146 Å². The van der Waals surface area contributed by atoms with Crippen molar-refractivity contribution < 1.29 is 24.2 Å². The lowest BCUT2D eigenvalue weighted by atomic mass is 9.87. The fourth-order valence-corrected chi connectivity index (χ4v) is 4.49. The highest BCUT2D eigenvalue weighted by atomic mass is 16.5. The average molecular weight is 572 g/mol. The highest BCUT2D eigenvalue weighted by Crippen LogP contribution is 2.30. The number of aromatic nitrogens is 3. The van der Waals surface area contributed by atoms with Crippen LogP contribution in [0.25, 0.3) is 22.2 Å². The van der Waals surface area contributed by atoms with Gasteiger partial charge >= 0.3 is 5.97 Å². The molecule has 10 nitrogen and oxygen atoms in total. The zero-order chi connectivity index (χ0) is 30.6. The Morgan fingerprint density at radius 3 is 2.40 bits per heavy atom. The number of hydrogen-bond acceptors (Lipinski definition) is 7. The van der Waals surface area contributed by atoms with Crippen molar-refractivity contribution in [3.05, 3.63) is 76.9 Å². The van der Waals surface area contributed by atoms with E-state index in [1.807, 2.05) is 40.7 Å². The number of H-pyrrole nitrogens is 1. The number of pyridine rings is 1. The molecule has 220 valence electrons. The maximum atomic E-state index is 13.6. The third kappa shape index (κ3) is 6.83. The van der Waals surface area contributed by atoms with Gasteiger partial charge in [-0.25, -0.2) is 14.8 Å². The van der Waals surface area contributed by atoms with Gasteiger partial charge in [-0.15, -0.1) is 0 Å². The number of aryl methyl sites for hydroxylation is 2. The predicted molar refractivity (Wildman–Crippen MR) is 162 cm³/mol. The summed E-state index contributed by atoms with van der Waals surface area (Å²) < 4.78 is 5.45. The number of aliphatic hydroxyl groups is 1. The van der Waals surface area contributed by atoms with Gasteiger partial charge in [-0.05, 0) is 67.6 Å². The fourth-order valence-electron chi connectivity index (χ4n) is 4.49. The number of nitrogens with one attached hydrogen (secondary N) is 3. The second kappa shape index (κ2) is 12.5. The van der Waals surface area contributed by atoms with E-state index in [1.165, 1.54) is 6.07 Å². The predicted octanol–water partition coefficient (Wildman–Crippen LogP) is 5.20. The number of carbonyl (C=O) groups is 3. The van der Waals surface area contributed by atoms with Crippen molar-refractivity contribution in [2.45, 2.75) is 54.0 Å². The molecule has 1 atom stereocenters. The molecule has 4 N–H and O–H groups in total. The normalized spacial score (nSPS) is 12.2. The van der Waals surface area contributed by atoms with Crippen LogP contribution in [-0.2, 0) is 4.74 Å². The first-order chi connectivity index (χ1) is 19.9. The molecule has 2 aromatic heterocycles. The summed E-state index contributed by atoms with van der Waals surface area (Å²) in [6.07, 6.45) is 0.616. The smallest absolute Gasteiger partial charge is 0.338 e. The lowest BCUT2D eigenvalue weighted by Crippen LogP contribution is -2.46. The van der Waals surface area contributed by atoms with Crippen LogP contribution < -0.4 is 10.6 Å². The fraction of sp³-hybridized carbons (Fsp3) is 0.344. The first-order valence-corrected chi connectivity index (χ1v) is 13.9. The first-order valence-electron chi connectivity index (χ1n) is 13.9. The molecule has 0 spiro atoms. The summed E-state index contributed by atoms with van der Waals surface area (Å²) in [6.45, 7) is 11.2. The van der Waals surface area contributed by atoms with E-state index in [-0.39, 0.29) is 35.4 Å². The van der Waals surface area contributed by atoms with Crippen LogP contribution in [-0.4, -0.2) is 57.1 Å². The summed E-state index contributed by atoms with van der Waals surface area (Å²) in [5.74, 6) is -0.761. The van der Waals surface area contributed by atoms with Crippen LogP contribution in [0.4, 0.5) is 5.69 Å². The Bertz CT molecular complexity index is 1640. The monoisotopic (exact) mass is 571 g/mol.